The molecular formula is C21H41NO. The molecule has 0 heterocycles. The molecule has 0 aliphatic rings. The topological polar surface area (TPSA) is 21.6 Å². The highest BCUT2D eigenvalue weighted by Crippen LogP contribution is 2.20. The van der Waals surface area contributed by atoms with Crippen LogP contribution in [0.5, 0.6) is 0 Å². The van der Waals surface area contributed by atoms with Crippen molar-refractivity contribution in [1.82, 2.24) is 0 Å². The average Bonchev–Trinajstić information content (AvgIpc) is 2.56. The van der Waals surface area contributed by atoms with Gasteiger partial charge in [-0.2, -0.15) is 0 Å². The Labute approximate surface area is 145 Å². The summed E-state index contributed by atoms with van der Waals surface area (Å²) in [5, 5.41) is 0. The number of hydrogen-bond donors (Lipinski definition) is 0. The van der Waals surface area contributed by atoms with E-state index in [-0.39, 0.29) is 6.10 Å². The molecule has 0 rings (SSSR count). The largest absolute Gasteiger partial charge is 0.376 e. The second-order valence-corrected chi connectivity index (χ2v) is 6.67. The van der Waals surface area contributed by atoms with Crippen LogP contribution in [0.4, 0.5) is 0 Å². The van der Waals surface area contributed by atoms with Crippen LogP contribution in [0.1, 0.15) is 92.4 Å². The van der Waals surface area contributed by atoms with Gasteiger partial charge in [0.1, 0.15) is 0 Å². The molecule has 0 aromatic heterocycles. The van der Waals surface area contributed by atoms with Crippen LogP contribution in [0, 0.1) is 5.92 Å². The minimum Gasteiger partial charge on any atom is -0.376 e. The number of allylic oxidation sites excluding steroid dienone is 1. The highest BCUT2D eigenvalue weighted by molar-refractivity contribution is 5.53. The molecule has 0 spiro atoms. The van der Waals surface area contributed by atoms with Gasteiger partial charge in [0.15, 0.2) is 0 Å². The van der Waals surface area contributed by atoms with E-state index in [1.165, 1.54) is 51.4 Å². The SMILES string of the molecule is CC=NCC(CC(=CCCCC)CCCCC(C)CC)OCC. The standard InChI is InChI=1S/C21H41NO/c1-6-10-11-15-20(16-13-12-14-19(5)7-2)17-21(23-9-4)18-22-8-3/h8,15,19,21H,6-7,9-14,16-18H2,1-5H3. The zero-order chi connectivity index (χ0) is 17.3. The van der Waals surface area contributed by atoms with Crippen LogP contribution < -0.4 is 0 Å². The molecule has 0 radical (unpaired) electrons. The third-order valence-corrected chi connectivity index (χ3v) is 4.52. The molecule has 2 atom stereocenters. The van der Waals surface area contributed by atoms with Gasteiger partial charge in [-0.15, -0.1) is 0 Å². The molecule has 0 aliphatic carbocycles. The Kier molecular flexibility index (Phi) is 15.8. The maximum absolute atomic E-state index is 5.89. The highest BCUT2D eigenvalue weighted by Gasteiger charge is 2.11. The first-order chi connectivity index (χ1) is 11.2. The van der Waals surface area contributed by atoms with E-state index in [1.807, 2.05) is 13.1 Å². The fourth-order valence-electron chi connectivity index (χ4n) is 2.77. The van der Waals surface area contributed by atoms with Gasteiger partial charge < -0.3 is 4.74 Å². The van der Waals surface area contributed by atoms with Crippen molar-refractivity contribution < 1.29 is 4.74 Å². The van der Waals surface area contributed by atoms with Crippen molar-refractivity contribution >= 4 is 6.21 Å². The van der Waals surface area contributed by atoms with Crippen molar-refractivity contribution in [3.8, 4) is 0 Å². The number of nitrogens with zero attached hydrogens (tertiary/aromatic N) is 1. The summed E-state index contributed by atoms with van der Waals surface area (Å²) in [6.07, 6.45) is 16.0. The Morgan fingerprint density at radius 1 is 1.13 bits per heavy atom. The molecule has 0 fully saturated rings. The van der Waals surface area contributed by atoms with E-state index in [1.54, 1.807) is 5.57 Å². The summed E-state index contributed by atoms with van der Waals surface area (Å²) in [7, 11) is 0. The molecule has 0 bridgehead atoms. The first kappa shape index (κ1) is 22.4. The summed E-state index contributed by atoms with van der Waals surface area (Å²) >= 11 is 0. The van der Waals surface area contributed by atoms with E-state index in [9.17, 15) is 0 Å². The smallest absolute Gasteiger partial charge is 0.0806 e. The second kappa shape index (κ2) is 16.2. The van der Waals surface area contributed by atoms with Crippen LogP contribution in [0.2, 0.25) is 0 Å². The van der Waals surface area contributed by atoms with E-state index in [0.29, 0.717) is 0 Å². The third-order valence-electron chi connectivity index (χ3n) is 4.52. The lowest BCUT2D eigenvalue weighted by atomic mass is 9.96. The molecule has 2 nitrogen and oxygen atoms in total. The molecule has 0 amide bonds. The van der Waals surface area contributed by atoms with Crippen LogP contribution >= 0.6 is 0 Å². The van der Waals surface area contributed by atoms with Gasteiger partial charge in [0.2, 0.25) is 0 Å². The average molecular weight is 324 g/mol. The molecule has 0 aliphatic heterocycles. The normalized spacial score (nSPS) is 15.3. The van der Waals surface area contributed by atoms with Gasteiger partial charge in [-0.05, 0) is 51.7 Å². The van der Waals surface area contributed by atoms with Gasteiger partial charge in [-0.25, -0.2) is 0 Å². The van der Waals surface area contributed by atoms with Crippen molar-refractivity contribution in [1.29, 1.82) is 0 Å². The number of hydrogen-bond acceptors (Lipinski definition) is 2. The lowest BCUT2D eigenvalue weighted by molar-refractivity contribution is 0.0692. The Bertz CT molecular complexity index is 309. The maximum atomic E-state index is 5.89. The van der Waals surface area contributed by atoms with Crippen LogP contribution in [0.15, 0.2) is 16.6 Å². The summed E-state index contributed by atoms with van der Waals surface area (Å²) in [5.74, 6) is 0.873. The van der Waals surface area contributed by atoms with Gasteiger partial charge >= 0.3 is 0 Å². The zero-order valence-corrected chi connectivity index (χ0v) is 16.4. The molecule has 0 aromatic rings. The summed E-state index contributed by atoms with van der Waals surface area (Å²) in [5.41, 5.74) is 1.59. The van der Waals surface area contributed by atoms with Crippen molar-refractivity contribution in [2.45, 2.75) is 98.5 Å². The predicted octanol–water partition coefficient (Wildman–Crippen LogP) is 6.60. The van der Waals surface area contributed by atoms with Crippen molar-refractivity contribution in [2.75, 3.05) is 13.2 Å². The van der Waals surface area contributed by atoms with Gasteiger partial charge in [-0.1, -0.05) is 64.5 Å². The molecule has 0 N–H and O–H groups in total. The van der Waals surface area contributed by atoms with E-state index >= 15 is 0 Å². The van der Waals surface area contributed by atoms with E-state index in [4.69, 9.17) is 4.74 Å². The fraction of sp³-hybridized carbons (Fsp3) is 0.857. The first-order valence-corrected chi connectivity index (χ1v) is 9.91. The number of ether oxygens (including phenoxy) is 1. The molecule has 2 unspecified atom stereocenters. The molecule has 23 heavy (non-hydrogen) atoms. The number of unbranched alkanes of at least 4 members (excludes halogenated alkanes) is 3. The van der Waals surface area contributed by atoms with Gasteiger partial charge in [0, 0.05) is 6.61 Å². The molecule has 2 heteroatoms. The second-order valence-electron chi connectivity index (χ2n) is 6.67. The van der Waals surface area contributed by atoms with Crippen molar-refractivity contribution in [3.05, 3.63) is 11.6 Å². The van der Waals surface area contributed by atoms with E-state index < -0.39 is 0 Å². The van der Waals surface area contributed by atoms with E-state index in [2.05, 4.69) is 38.8 Å². The summed E-state index contributed by atoms with van der Waals surface area (Å²) < 4.78 is 5.89. The molecule has 0 saturated carbocycles. The Morgan fingerprint density at radius 3 is 2.52 bits per heavy atom. The van der Waals surface area contributed by atoms with Crippen LogP contribution in [0.25, 0.3) is 0 Å². The number of rotatable bonds is 15. The Morgan fingerprint density at radius 2 is 1.91 bits per heavy atom. The number of aliphatic imine (C=N–C) groups is 1. The molecule has 0 aromatic carbocycles. The molecular weight excluding hydrogens is 282 g/mol. The quantitative estimate of drug-likeness (QED) is 0.189. The Hall–Kier alpha value is -0.630. The third kappa shape index (κ3) is 13.5. The summed E-state index contributed by atoms with van der Waals surface area (Å²) in [6.45, 7) is 12.6. The lowest BCUT2D eigenvalue weighted by Gasteiger charge is -2.18. The molecule has 136 valence electrons. The highest BCUT2D eigenvalue weighted by atomic mass is 16.5. The monoisotopic (exact) mass is 323 g/mol. The van der Waals surface area contributed by atoms with Crippen LogP contribution in [-0.4, -0.2) is 25.5 Å². The lowest BCUT2D eigenvalue weighted by Crippen LogP contribution is -2.18. The summed E-state index contributed by atoms with van der Waals surface area (Å²) in [4.78, 5) is 4.39. The predicted molar refractivity (Wildman–Crippen MR) is 105 cm³/mol. The fourth-order valence-corrected chi connectivity index (χ4v) is 2.77. The first-order valence-electron chi connectivity index (χ1n) is 9.91. The minimum absolute atomic E-state index is 0.249. The minimum atomic E-state index is 0.249. The van der Waals surface area contributed by atoms with Crippen LogP contribution in [-0.2, 0) is 4.74 Å². The van der Waals surface area contributed by atoms with Crippen molar-refractivity contribution in [3.63, 3.8) is 0 Å². The van der Waals surface area contributed by atoms with Gasteiger partial charge in [-0.3, -0.25) is 4.99 Å². The van der Waals surface area contributed by atoms with Crippen LogP contribution in [0.3, 0.4) is 0 Å². The van der Waals surface area contributed by atoms with Gasteiger partial charge in [0.05, 0.1) is 12.6 Å². The summed E-state index contributed by atoms with van der Waals surface area (Å²) in [6, 6.07) is 0. The zero-order valence-electron chi connectivity index (χ0n) is 16.4. The van der Waals surface area contributed by atoms with Gasteiger partial charge in [0.25, 0.3) is 0 Å². The molecule has 0 saturated heterocycles. The maximum Gasteiger partial charge on any atom is 0.0806 e. The van der Waals surface area contributed by atoms with Crippen molar-refractivity contribution in [2.24, 2.45) is 10.9 Å². The Balaban J connectivity index is 4.43. The van der Waals surface area contributed by atoms with E-state index in [0.717, 1.165) is 25.5 Å².